The van der Waals surface area contributed by atoms with E-state index >= 15 is 0 Å². The van der Waals surface area contributed by atoms with Crippen molar-refractivity contribution in [3.63, 3.8) is 0 Å². The van der Waals surface area contributed by atoms with Gasteiger partial charge in [-0.1, -0.05) is 18.2 Å². The Morgan fingerprint density at radius 3 is 2.72 bits per heavy atom. The highest BCUT2D eigenvalue weighted by atomic mass is 19.2. The number of benzene rings is 2. The summed E-state index contributed by atoms with van der Waals surface area (Å²) in [7, 11) is 0. The zero-order valence-corrected chi connectivity index (χ0v) is 13.4. The lowest BCUT2D eigenvalue weighted by Gasteiger charge is -2.15. The SMILES string of the molecule is C[C@H](NC(=O)Cn1cnc2ccccc2c1=O)c1ccc(F)c(F)c1. The molecule has 1 heterocycles. The Balaban J connectivity index is 1.75. The Kier molecular flexibility index (Phi) is 4.56. The van der Waals surface area contributed by atoms with Gasteiger partial charge in [0.25, 0.3) is 5.56 Å². The van der Waals surface area contributed by atoms with Crippen LogP contribution in [0.25, 0.3) is 10.9 Å². The summed E-state index contributed by atoms with van der Waals surface area (Å²) in [4.78, 5) is 28.7. The molecule has 0 bridgehead atoms. The Bertz CT molecular complexity index is 1000. The van der Waals surface area contributed by atoms with Crippen molar-refractivity contribution < 1.29 is 13.6 Å². The summed E-state index contributed by atoms with van der Waals surface area (Å²) >= 11 is 0. The van der Waals surface area contributed by atoms with Gasteiger partial charge in [0.05, 0.1) is 23.3 Å². The van der Waals surface area contributed by atoms with Crippen LogP contribution in [0.1, 0.15) is 18.5 Å². The Morgan fingerprint density at radius 1 is 1.20 bits per heavy atom. The smallest absolute Gasteiger partial charge is 0.261 e. The van der Waals surface area contributed by atoms with Crippen LogP contribution in [0.5, 0.6) is 0 Å². The average molecular weight is 343 g/mol. The molecule has 0 aliphatic rings. The predicted octanol–water partition coefficient (Wildman–Crippen LogP) is 2.55. The molecule has 0 fully saturated rings. The van der Waals surface area contributed by atoms with E-state index in [4.69, 9.17) is 0 Å². The third-order valence-electron chi connectivity index (χ3n) is 3.87. The Hall–Kier alpha value is -3.09. The summed E-state index contributed by atoms with van der Waals surface area (Å²) in [5.41, 5.74) is 0.664. The number of para-hydroxylation sites is 1. The second kappa shape index (κ2) is 6.80. The molecule has 0 aliphatic heterocycles. The maximum absolute atomic E-state index is 13.3. The number of carbonyl (C=O) groups excluding carboxylic acids is 1. The predicted molar refractivity (Wildman–Crippen MR) is 88.9 cm³/mol. The molecule has 1 aromatic heterocycles. The third kappa shape index (κ3) is 3.55. The first-order valence-electron chi connectivity index (χ1n) is 7.64. The van der Waals surface area contributed by atoms with Gasteiger partial charge < -0.3 is 5.32 Å². The van der Waals surface area contributed by atoms with Crippen LogP contribution in [-0.2, 0) is 11.3 Å². The fraction of sp³-hybridized carbons (Fsp3) is 0.167. The molecule has 3 aromatic rings. The second-order valence-corrected chi connectivity index (χ2v) is 5.66. The van der Waals surface area contributed by atoms with Crippen LogP contribution in [0.2, 0.25) is 0 Å². The molecule has 0 unspecified atom stereocenters. The largest absolute Gasteiger partial charge is 0.348 e. The first kappa shape index (κ1) is 16.8. The van der Waals surface area contributed by atoms with Crippen LogP contribution < -0.4 is 10.9 Å². The highest BCUT2D eigenvalue weighted by molar-refractivity contribution is 5.79. The van der Waals surface area contributed by atoms with E-state index in [-0.39, 0.29) is 12.1 Å². The van der Waals surface area contributed by atoms with Gasteiger partial charge in [0.1, 0.15) is 6.54 Å². The molecule has 7 heteroatoms. The minimum absolute atomic E-state index is 0.218. The van der Waals surface area contributed by atoms with Crippen molar-refractivity contribution in [2.24, 2.45) is 0 Å². The van der Waals surface area contributed by atoms with E-state index < -0.39 is 23.6 Å². The fourth-order valence-corrected chi connectivity index (χ4v) is 2.53. The lowest BCUT2D eigenvalue weighted by atomic mass is 10.1. The van der Waals surface area contributed by atoms with Crippen LogP contribution >= 0.6 is 0 Å². The van der Waals surface area contributed by atoms with E-state index in [1.807, 2.05) is 0 Å². The molecule has 0 saturated heterocycles. The molecule has 1 N–H and O–H groups in total. The number of hydrogen-bond donors (Lipinski definition) is 1. The zero-order valence-electron chi connectivity index (χ0n) is 13.4. The first-order chi connectivity index (χ1) is 12.0. The van der Waals surface area contributed by atoms with E-state index in [1.54, 1.807) is 31.2 Å². The number of aromatic nitrogens is 2. The summed E-state index contributed by atoms with van der Waals surface area (Å²) in [6.07, 6.45) is 1.31. The molecule has 0 aliphatic carbocycles. The van der Waals surface area contributed by atoms with Crippen molar-refractivity contribution >= 4 is 16.8 Å². The van der Waals surface area contributed by atoms with Crippen molar-refractivity contribution in [2.45, 2.75) is 19.5 Å². The van der Waals surface area contributed by atoms with Crippen molar-refractivity contribution in [1.82, 2.24) is 14.9 Å². The number of amides is 1. The maximum atomic E-state index is 13.3. The van der Waals surface area contributed by atoms with Gasteiger partial charge in [0.2, 0.25) is 5.91 Å². The minimum Gasteiger partial charge on any atom is -0.348 e. The highest BCUT2D eigenvalue weighted by Gasteiger charge is 2.13. The molecule has 128 valence electrons. The van der Waals surface area contributed by atoms with Gasteiger partial charge in [-0.25, -0.2) is 13.8 Å². The Morgan fingerprint density at radius 2 is 1.96 bits per heavy atom. The molecule has 3 rings (SSSR count). The number of fused-ring (bicyclic) bond motifs is 1. The van der Waals surface area contributed by atoms with Gasteiger partial charge in [-0.05, 0) is 36.8 Å². The van der Waals surface area contributed by atoms with Gasteiger partial charge in [-0.2, -0.15) is 0 Å². The van der Waals surface area contributed by atoms with E-state index in [0.717, 1.165) is 12.1 Å². The van der Waals surface area contributed by atoms with Crippen molar-refractivity contribution in [2.75, 3.05) is 0 Å². The van der Waals surface area contributed by atoms with Gasteiger partial charge >= 0.3 is 0 Å². The summed E-state index contributed by atoms with van der Waals surface area (Å²) in [5, 5.41) is 3.07. The summed E-state index contributed by atoms with van der Waals surface area (Å²) in [6, 6.07) is 9.75. The second-order valence-electron chi connectivity index (χ2n) is 5.66. The molecule has 2 aromatic carbocycles. The summed E-state index contributed by atoms with van der Waals surface area (Å²) in [5.74, 6) is -2.36. The average Bonchev–Trinajstić information content (AvgIpc) is 2.60. The van der Waals surface area contributed by atoms with E-state index in [1.165, 1.54) is 17.0 Å². The molecule has 25 heavy (non-hydrogen) atoms. The maximum Gasteiger partial charge on any atom is 0.261 e. The number of nitrogens with one attached hydrogen (secondary N) is 1. The summed E-state index contributed by atoms with van der Waals surface area (Å²) in [6.45, 7) is 1.43. The fourth-order valence-electron chi connectivity index (χ4n) is 2.53. The molecule has 0 saturated carbocycles. The number of halogens is 2. The van der Waals surface area contributed by atoms with Crippen LogP contribution in [0.3, 0.4) is 0 Å². The van der Waals surface area contributed by atoms with Gasteiger partial charge in [-0.15, -0.1) is 0 Å². The number of carbonyl (C=O) groups is 1. The van der Waals surface area contributed by atoms with Crippen LogP contribution in [0.4, 0.5) is 8.78 Å². The number of hydrogen-bond acceptors (Lipinski definition) is 3. The quantitative estimate of drug-likeness (QED) is 0.792. The van der Waals surface area contributed by atoms with Gasteiger partial charge in [0.15, 0.2) is 11.6 Å². The van der Waals surface area contributed by atoms with Crippen molar-refractivity contribution in [1.29, 1.82) is 0 Å². The molecule has 0 spiro atoms. The highest BCUT2D eigenvalue weighted by Crippen LogP contribution is 2.15. The van der Waals surface area contributed by atoms with Crippen LogP contribution in [-0.4, -0.2) is 15.5 Å². The zero-order chi connectivity index (χ0) is 18.0. The normalized spacial score (nSPS) is 12.1. The molecule has 5 nitrogen and oxygen atoms in total. The van der Waals surface area contributed by atoms with Crippen molar-refractivity contribution in [3.8, 4) is 0 Å². The van der Waals surface area contributed by atoms with Gasteiger partial charge in [-0.3, -0.25) is 14.2 Å². The van der Waals surface area contributed by atoms with Crippen molar-refractivity contribution in [3.05, 3.63) is 76.3 Å². The Labute approximate surface area is 141 Å². The molecular formula is C18H15F2N3O2. The van der Waals surface area contributed by atoms with Crippen LogP contribution in [0, 0.1) is 11.6 Å². The standard InChI is InChI=1S/C18H15F2N3O2/c1-11(12-6-7-14(19)15(20)8-12)22-17(24)9-23-10-21-16-5-3-2-4-13(16)18(23)25/h2-8,10-11H,9H2,1H3,(H,22,24)/t11-/m0/s1. The molecule has 0 radical (unpaired) electrons. The lowest BCUT2D eigenvalue weighted by molar-refractivity contribution is -0.122. The molecule has 1 amide bonds. The number of nitrogens with zero attached hydrogens (tertiary/aromatic N) is 2. The van der Waals surface area contributed by atoms with E-state index in [0.29, 0.717) is 16.5 Å². The minimum atomic E-state index is -0.978. The first-order valence-corrected chi connectivity index (χ1v) is 7.64. The summed E-state index contributed by atoms with van der Waals surface area (Å²) < 4.78 is 27.5. The van der Waals surface area contributed by atoms with E-state index in [9.17, 15) is 18.4 Å². The topological polar surface area (TPSA) is 64.0 Å². The van der Waals surface area contributed by atoms with Crippen LogP contribution in [0.15, 0.2) is 53.6 Å². The number of rotatable bonds is 4. The molecular weight excluding hydrogens is 328 g/mol. The lowest BCUT2D eigenvalue weighted by Crippen LogP contribution is -2.34. The third-order valence-corrected chi connectivity index (χ3v) is 3.87. The van der Waals surface area contributed by atoms with Gasteiger partial charge in [0, 0.05) is 0 Å². The monoisotopic (exact) mass is 343 g/mol. The van der Waals surface area contributed by atoms with E-state index in [2.05, 4.69) is 10.3 Å². The molecule has 1 atom stereocenters.